The number of amides is 1. The number of hydrogen-bond acceptors (Lipinski definition) is 4. The lowest BCUT2D eigenvalue weighted by Crippen LogP contribution is -2.20. The maximum absolute atomic E-state index is 12.3. The highest BCUT2D eigenvalue weighted by Crippen LogP contribution is 2.21. The van der Waals surface area contributed by atoms with Gasteiger partial charge in [-0.1, -0.05) is 0 Å². The Hall–Kier alpha value is -2.47. The number of fused-ring (bicyclic) bond motifs is 1. The highest BCUT2D eigenvalue weighted by molar-refractivity contribution is 7.08. The van der Waals surface area contributed by atoms with Crippen LogP contribution in [0.5, 0.6) is 0 Å². The van der Waals surface area contributed by atoms with Crippen LogP contribution in [0, 0.1) is 0 Å². The van der Waals surface area contributed by atoms with Crippen molar-refractivity contribution in [2.45, 2.75) is 12.8 Å². The van der Waals surface area contributed by atoms with Crippen molar-refractivity contribution < 1.29 is 4.79 Å². The number of thiophene rings is 1. The van der Waals surface area contributed by atoms with Crippen molar-refractivity contribution in [2.75, 3.05) is 5.32 Å². The standard InChI is InChI=1S/C16H15N3O2S/c1-10(11-5-6-22-8-11)15(20)18-12-3-4-14-13(7-12)16(21)19(2)9-17-14/h3-10H,1-2H3,(H,18,20). The number of nitrogens with zero attached hydrogens (tertiary/aromatic N) is 2. The van der Waals surface area contributed by atoms with Crippen LogP contribution in [0.25, 0.3) is 10.9 Å². The quantitative estimate of drug-likeness (QED) is 0.808. The molecule has 0 aliphatic rings. The molecule has 0 aliphatic carbocycles. The normalized spacial score (nSPS) is 12.3. The molecule has 2 aromatic heterocycles. The summed E-state index contributed by atoms with van der Waals surface area (Å²) in [6.07, 6.45) is 1.49. The molecule has 1 unspecified atom stereocenters. The number of carbonyl (C=O) groups excluding carboxylic acids is 1. The topological polar surface area (TPSA) is 64.0 Å². The van der Waals surface area contributed by atoms with E-state index in [2.05, 4.69) is 10.3 Å². The van der Waals surface area contributed by atoms with Gasteiger partial charge in [0.25, 0.3) is 5.56 Å². The summed E-state index contributed by atoms with van der Waals surface area (Å²) >= 11 is 1.56. The Kier molecular flexibility index (Phi) is 3.77. The summed E-state index contributed by atoms with van der Waals surface area (Å²) in [6, 6.07) is 7.10. The Balaban J connectivity index is 1.89. The van der Waals surface area contributed by atoms with Gasteiger partial charge >= 0.3 is 0 Å². The van der Waals surface area contributed by atoms with E-state index in [1.807, 2.05) is 23.8 Å². The molecule has 3 aromatic rings. The number of anilines is 1. The Morgan fingerprint density at radius 1 is 1.36 bits per heavy atom. The molecule has 1 N–H and O–H groups in total. The van der Waals surface area contributed by atoms with Gasteiger partial charge in [-0.2, -0.15) is 11.3 Å². The number of nitrogens with one attached hydrogen (secondary N) is 1. The summed E-state index contributed by atoms with van der Waals surface area (Å²) in [6.45, 7) is 1.86. The van der Waals surface area contributed by atoms with E-state index in [1.54, 1.807) is 36.6 Å². The monoisotopic (exact) mass is 313 g/mol. The van der Waals surface area contributed by atoms with E-state index in [-0.39, 0.29) is 17.4 Å². The van der Waals surface area contributed by atoms with E-state index in [0.29, 0.717) is 16.6 Å². The first kappa shape index (κ1) is 14.5. The number of hydrogen-bond donors (Lipinski definition) is 1. The summed E-state index contributed by atoms with van der Waals surface area (Å²) in [7, 11) is 1.65. The van der Waals surface area contributed by atoms with Gasteiger partial charge in [-0.15, -0.1) is 0 Å². The fraction of sp³-hybridized carbons (Fsp3) is 0.188. The van der Waals surface area contributed by atoms with Crippen LogP contribution in [0.4, 0.5) is 5.69 Å². The summed E-state index contributed by atoms with van der Waals surface area (Å²) in [5, 5.41) is 7.26. The molecular weight excluding hydrogens is 298 g/mol. The Labute approximate surface area is 131 Å². The predicted octanol–water partition coefficient (Wildman–Crippen LogP) is 2.74. The molecule has 0 radical (unpaired) electrons. The maximum atomic E-state index is 12.3. The number of aromatic nitrogens is 2. The summed E-state index contributed by atoms with van der Waals surface area (Å²) in [5.74, 6) is -0.336. The Morgan fingerprint density at radius 3 is 2.91 bits per heavy atom. The summed E-state index contributed by atoms with van der Waals surface area (Å²) < 4.78 is 1.42. The average molecular weight is 313 g/mol. The molecule has 1 aromatic carbocycles. The van der Waals surface area contributed by atoms with Gasteiger partial charge in [-0.25, -0.2) is 4.98 Å². The van der Waals surface area contributed by atoms with Gasteiger partial charge in [0.2, 0.25) is 5.91 Å². The molecule has 6 heteroatoms. The molecule has 5 nitrogen and oxygen atoms in total. The molecule has 0 saturated heterocycles. The van der Waals surface area contributed by atoms with Gasteiger partial charge < -0.3 is 9.88 Å². The van der Waals surface area contributed by atoms with Crippen molar-refractivity contribution in [3.05, 3.63) is 57.3 Å². The van der Waals surface area contributed by atoms with Crippen LogP contribution in [0.15, 0.2) is 46.1 Å². The molecule has 0 saturated carbocycles. The van der Waals surface area contributed by atoms with Crippen LogP contribution in [0.2, 0.25) is 0 Å². The van der Waals surface area contributed by atoms with Crippen molar-refractivity contribution in [1.82, 2.24) is 9.55 Å². The Morgan fingerprint density at radius 2 is 2.18 bits per heavy atom. The van der Waals surface area contributed by atoms with Crippen molar-refractivity contribution in [1.29, 1.82) is 0 Å². The molecule has 0 spiro atoms. The van der Waals surface area contributed by atoms with Crippen molar-refractivity contribution >= 4 is 33.8 Å². The fourth-order valence-electron chi connectivity index (χ4n) is 2.21. The van der Waals surface area contributed by atoms with Crippen molar-refractivity contribution in [2.24, 2.45) is 7.05 Å². The number of carbonyl (C=O) groups is 1. The second-order valence-electron chi connectivity index (χ2n) is 5.16. The molecule has 2 heterocycles. The van der Waals surface area contributed by atoms with E-state index < -0.39 is 0 Å². The zero-order chi connectivity index (χ0) is 15.7. The minimum Gasteiger partial charge on any atom is -0.326 e. The average Bonchev–Trinajstić information content (AvgIpc) is 3.05. The molecular formula is C16H15N3O2S. The van der Waals surface area contributed by atoms with E-state index in [1.165, 1.54) is 10.9 Å². The third-order valence-corrected chi connectivity index (χ3v) is 4.32. The second-order valence-corrected chi connectivity index (χ2v) is 5.94. The van der Waals surface area contributed by atoms with E-state index in [9.17, 15) is 9.59 Å². The lowest BCUT2D eigenvalue weighted by Gasteiger charge is -2.11. The second kappa shape index (κ2) is 5.73. The molecule has 0 aliphatic heterocycles. The SMILES string of the molecule is CC(C(=O)Nc1ccc2ncn(C)c(=O)c2c1)c1ccsc1. The Bertz CT molecular complexity index is 884. The minimum atomic E-state index is -0.237. The lowest BCUT2D eigenvalue weighted by atomic mass is 10.0. The predicted molar refractivity (Wildman–Crippen MR) is 88.3 cm³/mol. The molecule has 112 valence electrons. The van der Waals surface area contributed by atoms with Gasteiger partial charge in [0.1, 0.15) is 0 Å². The van der Waals surface area contributed by atoms with Crippen LogP contribution >= 0.6 is 11.3 Å². The van der Waals surface area contributed by atoms with Crippen LogP contribution in [-0.4, -0.2) is 15.5 Å². The van der Waals surface area contributed by atoms with Gasteiger partial charge in [0, 0.05) is 12.7 Å². The molecule has 0 fully saturated rings. The number of benzene rings is 1. The lowest BCUT2D eigenvalue weighted by molar-refractivity contribution is -0.117. The first-order valence-corrected chi connectivity index (χ1v) is 7.79. The maximum Gasteiger partial charge on any atom is 0.260 e. The largest absolute Gasteiger partial charge is 0.326 e. The minimum absolute atomic E-state index is 0.0986. The van der Waals surface area contributed by atoms with Crippen molar-refractivity contribution in [3.8, 4) is 0 Å². The summed E-state index contributed by atoms with van der Waals surface area (Å²) in [4.78, 5) is 28.6. The number of aryl methyl sites for hydroxylation is 1. The third-order valence-electron chi connectivity index (χ3n) is 3.62. The van der Waals surface area contributed by atoms with Crippen molar-refractivity contribution in [3.63, 3.8) is 0 Å². The van der Waals surface area contributed by atoms with Gasteiger partial charge in [0.15, 0.2) is 0 Å². The highest BCUT2D eigenvalue weighted by Gasteiger charge is 2.16. The van der Waals surface area contributed by atoms with E-state index in [0.717, 1.165) is 5.56 Å². The zero-order valence-electron chi connectivity index (χ0n) is 12.2. The van der Waals surface area contributed by atoms with Crippen LogP contribution in [0.3, 0.4) is 0 Å². The molecule has 22 heavy (non-hydrogen) atoms. The fourth-order valence-corrected chi connectivity index (χ4v) is 2.97. The van der Waals surface area contributed by atoms with Crippen LogP contribution < -0.4 is 10.9 Å². The van der Waals surface area contributed by atoms with Gasteiger partial charge in [0.05, 0.1) is 23.1 Å². The highest BCUT2D eigenvalue weighted by atomic mass is 32.1. The van der Waals surface area contributed by atoms with E-state index >= 15 is 0 Å². The molecule has 1 atom stereocenters. The molecule has 3 rings (SSSR count). The third kappa shape index (κ3) is 2.65. The zero-order valence-corrected chi connectivity index (χ0v) is 13.1. The number of rotatable bonds is 3. The van der Waals surface area contributed by atoms with Crippen LogP contribution in [-0.2, 0) is 11.8 Å². The first-order chi connectivity index (χ1) is 10.6. The first-order valence-electron chi connectivity index (χ1n) is 6.84. The summed E-state index contributed by atoms with van der Waals surface area (Å²) in [5.41, 5.74) is 2.07. The van der Waals surface area contributed by atoms with Gasteiger partial charge in [-0.3, -0.25) is 9.59 Å². The van der Waals surface area contributed by atoms with E-state index in [4.69, 9.17) is 0 Å². The van der Waals surface area contributed by atoms with Crippen LogP contribution in [0.1, 0.15) is 18.4 Å². The molecule has 1 amide bonds. The smallest absolute Gasteiger partial charge is 0.260 e. The molecule has 0 bridgehead atoms. The van der Waals surface area contributed by atoms with Gasteiger partial charge in [-0.05, 0) is 47.5 Å².